The van der Waals surface area contributed by atoms with E-state index in [4.69, 9.17) is 0 Å². The van der Waals surface area contributed by atoms with E-state index in [-0.39, 0.29) is 18.4 Å². The molecule has 2 fully saturated rings. The van der Waals surface area contributed by atoms with Gasteiger partial charge in [0.1, 0.15) is 12.1 Å². The Morgan fingerprint density at radius 2 is 1.70 bits per heavy atom. The third-order valence-corrected chi connectivity index (χ3v) is 5.60. The number of benzene rings is 1. The van der Waals surface area contributed by atoms with Gasteiger partial charge >= 0.3 is 6.03 Å². The lowest BCUT2D eigenvalue weighted by Gasteiger charge is -2.24. The Kier molecular flexibility index (Phi) is 5.82. The highest BCUT2D eigenvalue weighted by Gasteiger charge is 2.49. The van der Waals surface area contributed by atoms with Crippen molar-refractivity contribution in [1.82, 2.24) is 15.1 Å². The summed E-state index contributed by atoms with van der Waals surface area (Å²) < 4.78 is 0. The molecule has 1 aromatic rings. The van der Waals surface area contributed by atoms with E-state index >= 15 is 0 Å². The molecular weight excluding hydrogens is 342 g/mol. The van der Waals surface area contributed by atoms with Crippen LogP contribution in [-0.4, -0.2) is 47.3 Å². The summed E-state index contributed by atoms with van der Waals surface area (Å²) in [6.07, 6.45) is 6.24. The molecule has 2 saturated heterocycles. The Bertz CT molecular complexity index is 708. The number of likely N-dealkylation sites (tertiary alicyclic amines) is 1. The third-order valence-electron chi connectivity index (χ3n) is 5.60. The van der Waals surface area contributed by atoms with E-state index in [0.29, 0.717) is 13.1 Å². The zero-order valence-electron chi connectivity index (χ0n) is 16.3. The van der Waals surface area contributed by atoms with Gasteiger partial charge in [0.15, 0.2) is 0 Å². The maximum Gasteiger partial charge on any atom is 0.325 e. The van der Waals surface area contributed by atoms with E-state index in [1.165, 1.54) is 5.56 Å². The average molecular weight is 371 g/mol. The number of hydrogen-bond acceptors (Lipinski definition) is 3. The Hall–Kier alpha value is -2.37. The lowest BCUT2D eigenvalue weighted by atomic mass is 9.91. The molecule has 6 heteroatoms. The van der Waals surface area contributed by atoms with Crippen LogP contribution in [0.5, 0.6) is 0 Å². The smallest absolute Gasteiger partial charge is 0.325 e. The fourth-order valence-corrected chi connectivity index (χ4v) is 3.88. The quantitative estimate of drug-likeness (QED) is 0.809. The monoisotopic (exact) mass is 371 g/mol. The van der Waals surface area contributed by atoms with Gasteiger partial charge in [-0.25, -0.2) is 4.79 Å². The van der Waals surface area contributed by atoms with Gasteiger partial charge in [0.05, 0.1) is 0 Å². The lowest BCUT2D eigenvalue weighted by Crippen LogP contribution is -2.44. The second-order valence-electron chi connectivity index (χ2n) is 7.69. The van der Waals surface area contributed by atoms with Crippen molar-refractivity contribution in [2.75, 3.05) is 19.6 Å². The minimum atomic E-state index is -1.12. The number of rotatable bonds is 5. The van der Waals surface area contributed by atoms with Gasteiger partial charge in [-0.05, 0) is 37.3 Å². The molecule has 1 unspecified atom stereocenters. The zero-order valence-corrected chi connectivity index (χ0v) is 16.3. The molecule has 0 aliphatic carbocycles. The van der Waals surface area contributed by atoms with E-state index in [1.807, 2.05) is 24.3 Å². The Labute approximate surface area is 160 Å². The summed E-state index contributed by atoms with van der Waals surface area (Å²) in [5.41, 5.74) is 0.821. The van der Waals surface area contributed by atoms with Crippen molar-refractivity contribution < 1.29 is 14.4 Å². The highest BCUT2D eigenvalue weighted by molar-refractivity contribution is 6.09. The largest absolute Gasteiger partial charge is 0.341 e. The van der Waals surface area contributed by atoms with Crippen molar-refractivity contribution in [2.24, 2.45) is 0 Å². The SMILES string of the molecule is CCCc1ccc(C2(C)NC(=O)N(CC(=O)N3CCCCCC3)C2=O)cc1. The summed E-state index contributed by atoms with van der Waals surface area (Å²) in [7, 11) is 0. The molecular formula is C21H29N3O3. The van der Waals surface area contributed by atoms with E-state index in [9.17, 15) is 14.4 Å². The van der Waals surface area contributed by atoms with Crippen LogP contribution < -0.4 is 5.32 Å². The number of nitrogens with zero attached hydrogens (tertiary/aromatic N) is 2. The number of carbonyl (C=O) groups excluding carboxylic acids is 3. The topological polar surface area (TPSA) is 69.7 Å². The van der Waals surface area contributed by atoms with Crippen molar-refractivity contribution in [3.8, 4) is 0 Å². The number of nitrogens with one attached hydrogen (secondary N) is 1. The van der Waals surface area contributed by atoms with Crippen molar-refractivity contribution in [2.45, 2.75) is 57.9 Å². The molecule has 0 spiro atoms. The normalized spacial score (nSPS) is 23.3. The molecule has 1 aromatic carbocycles. The lowest BCUT2D eigenvalue weighted by molar-refractivity contribution is -0.138. The number of urea groups is 1. The minimum absolute atomic E-state index is 0.150. The average Bonchev–Trinajstić information content (AvgIpc) is 2.86. The standard InChI is InChI=1S/C21H29N3O3/c1-3-8-16-9-11-17(12-10-16)21(2)19(26)24(20(27)22-21)15-18(25)23-13-6-4-5-7-14-23/h9-12H,3-8,13-15H2,1-2H3,(H,22,27). The van der Waals surface area contributed by atoms with Crippen molar-refractivity contribution in [3.63, 3.8) is 0 Å². The van der Waals surface area contributed by atoms with Gasteiger partial charge in [0.25, 0.3) is 5.91 Å². The number of aryl methyl sites for hydroxylation is 1. The van der Waals surface area contributed by atoms with Crippen LogP contribution in [-0.2, 0) is 21.5 Å². The summed E-state index contributed by atoms with van der Waals surface area (Å²) in [5, 5.41) is 2.79. The predicted molar refractivity (Wildman–Crippen MR) is 103 cm³/mol. The molecule has 146 valence electrons. The molecule has 3 rings (SSSR count). The summed E-state index contributed by atoms with van der Waals surface area (Å²) in [4.78, 5) is 40.9. The molecule has 0 radical (unpaired) electrons. The molecule has 2 aliphatic rings. The first kappa shape index (κ1) is 19.4. The summed E-state index contributed by atoms with van der Waals surface area (Å²) in [5.74, 6) is -0.512. The van der Waals surface area contributed by atoms with Gasteiger partial charge in [0, 0.05) is 13.1 Å². The molecule has 2 heterocycles. The maximum absolute atomic E-state index is 13.0. The summed E-state index contributed by atoms with van der Waals surface area (Å²) >= 11 is 0. The zero-order chi connectivity index (χ0) is 19.4. The van der Waals surface area contributed by atoms with Gasteiger partial charge < -0.3 is 10.2 Å². The molecule has 4 amide bonds. The molecule has 1 N–H and O–H groups in total. The number of imide groups is 1. The molecule has 0 bridgehead atoms. The van der Waals surface area contributed by atoms with Crippen molar-refractivity contribution >= 4 is 17.8 Å². The predicted octanol–water partition coefficient (Wildman–Crippen LogP) is 2.81. The molecule has 1 atom stereocenters. The fourth-order valence-electron chi connectivity index (χ4n) is 3.88. The Morgan fingerprint density at radius 3 is 2.30 bits per heavy atom. The Morgan fingerprint density at radius 1 is 1.07 bits per heavy atom. The first-order chi connectivity index (χ1) is 13.0. The van der Waals surface area contributed by atoms with Gasteiger partial charge in [-0.1, -0.05) is 50.5 Å². The van der Waals surface area contributed by atoms with E-state index in [0.717, 1.165) is 49.0 Å². The van der Waals surface area contributed by atoms with Crippen LogP contribution in [0.15, 0.2) is 24.3 Å². The fraction of sp³-hybridized carbons (Fsp3) is 0.571. The van der Waals surface area contributed by atoms with Gasteiger partial charge in [-0.2, -0.15) is 0 Å². The third kappa shape index (κ3) is 3.99. The summed E-state index contributed by atoms with van der Waals surface area (Å²) in [6.45, 7) is 5.05. The van der Waals surface area contributed by atoms with Crippen molar-refractivity contribution in [3.05, 3.63) is 35.4 Å². The number of amides is 4. The highest BCUT2D eigenvalue weighted by Crippen LogP contribution is 2.29. The molecule has 27 heavy (non-hydrogen) atoms. The van der Waals surface area contributed by atoms with Crippen LogP contribution in [0.2, 0.25) is 0 Å². The van der Waals surface area contributed by atoms with Crippen LogP contribution >= 0.6 is 0 Å². The number of carbonyl (C=O) groups is 3. The van der Waals surface area contributed by atoms with E-state index in [2.05, 4.69) is 12.2 Å². The Balaban J connectivity index is 1.72. The first-order valence-corrected chi connectivity index (χ1v) is 9.97. The molecule has 0 aromatic heterocycles. The molecule has 6 nitrogen and oxygen atoms in total. The first-order valence-electron chi connectivity index (χ1n) is 9.97. The van der Waals surface area contributed by atoms with Crippen LogP contribution in [0.4, 0.5) is 4.79 Å². The number of hydrogen-bond donors (Lipinski definition) is 1. The van der Waals surface area contributed by atoms with Crippen molar-refractivity contribution in [1.29, 1.82) is 0 Å². The van der Waals surface area contributed by atoms with E-state index < -0.39 is 11.6 Å². The maximum atomic E-state index is 13.0. The molecule has 2 aliphatic heterocycles. The minimum Gasteiger partial charge on any atom is -0.341 e. The van der Waals surface area contributed by atoms with Crippen LogP contribution in [0, 0.1) is 0 Å². The summed E-state index contributed by atoms with van der Waals surface area (Å²) in [6, 6.07) is 7.28. The van der Waals surface area contributed by atoms with Crippen LogP contribution in [0.1, 0.15) is 57.1 Å². The van der Waals surface area contributed by atoms with Gasteiger partial charge in [0.2, 0.25) is 5.91 Å². The van der Waals surface area contributed by atoms with Gasteiger partial charge in [-0.3, -0.25) is 14.5 Å². The highest BCUT2D eigenvalue weighted by atomic mass is 16.2. The molecule has 0 saturated carbocycles. The van der Waals surface area contributed by atoms with Gasteiger partial charge in [-0.15, -0.1) is 0 Å². The van der Waals surface area contributed by atoms with Crippen LogP contribution in [0.25, 0.3) is 0 Å². The van der Waals surface area contributed by atoms with Crippen LogP contribution in [0.3, 0.4) is 0 Å². The second-order valence-corrected chi connectivity index (χ2v) is 7.69. The second kappa shape index (κ2) is 8.11. The van der Waals surface area contributed by atoms with E-state index in [1.54, 1.807) is 11.8 Å².